The van der Waals surface area contributed by atoms with Crippen LogP contribution in [0, 0.1) is 18.3 Å². The number of ketones is 1. The highest BCUT2D eigenvalue weighted by molar-refractivity contribution is 6.74. The Bertz CT molecular complexity index is 1630. The minimum atomic E-state index is -2.05. The lowest BCUT2D eigenvalue weighted by Crippen LogP contribution is -2.46. The highest BCUT2D eigenvalue weighted by Crippen LogP contribution is 2.46. The van der Waals surface area contributed by atoms with Crippen molar-refractivity contribution in [2.75, 3.05) is 23.3 Å². The quantitative estimate of drug-likeness (QED) is 0.270. The van der Waals surface area contributed by atoms with Gasteiger partial charge in [0.2, 0.25) is 5.95 Å². The summed E-state index contributed by atoms with van der Waals surface area (Å²) in [6.07, 6.45) is 3.41. The molecule has 3 aromatic rings. The van der Waals surface area contributed by atoms with E-state index in [1.165, 1.54) is 7.41 Å². The molecule has 1 N–H and O–H groups in total. The molecule has 2 aliphatic rings. The fraction of sp³-hybridized carbons (Fsp3) is 0.406. The summed E-state index contributed by atoms with van der Waals surface area (Å²) in [6, 6.07) is 12.0. The molecule has 10 heteroatoms. The number of Topliss-reactive ketones (excluding diaryl/α,β-unsaturated/α-hetero) is 1. The largest absolute Gasteiger partial charge is 0.416 e. The number of nitrogens with one attached hydrogen (secondary N) is 1. The van der Waals surface area contributed by atoms with Crippen LogP contribution in [0.2, 0.25) is 18.1 Å². The number of nitriles is 1. The molecule has 1 aliphatic heterocycles. The summed E-state index contributed by atoms with van der Waals surface area (Å²) in [6.45, 7) is 16.3. The summed E-state index contributed by atoms with van der Waals surface area (Å²) in [5.74, 6) is 0.665. The fourth-order valence-corrected chi connectivity index (χ4v) is 6.70. The summed E-state index contributed by atoms with van der Waals surface area (Å²) in [5, 5.41) is 13.6. The maximum absolute atomic E-state index is 12.0. The molecule has 1 atom stereocenters. The van der Waals surface area contributed by atoms with E-state index in [9.17, 15) is 14.9 Å². The van der Waals surface area contributed by atoms with Crippen molar-refractivity contribution in [3.63, 3.8) is 0 Å². The van der Waals surface area contributed by atoms with Crippen LogP contribution in [-0.2, 0) is 32.3 Å². The second-order valence-electron chi connectivity index (χ2n) is 13.2. The van der Waals surface area contributed by atoms with Crippen molar-refractivity contribution >= 4 is 45.0 Å². The van der Waals surface area contributed by atoms with Crippen molar-refractivity contribution in [1.82, 2.24) is 9.97 Å². The first-order valence-corrected chi connectivity index (χ1v) is 17.2. The van der Waals surface area contributed by atoms with Crippen LogP contribution < -0.4 is 10.1 Å². The summed E-state index contributed by atoms with van der Waals surface area (Å²) in [4.78, 5) is 34.7. The maximum atomic E-state index is 12.0. The Morgan fingerprint density at radius 1 is 1.24 bits per heavy atom. The number of aromatic nitrogens is 2. The molecule has 5 rings (SSSR count). The van der Waals surface area contributed by atoms with Crippen LogP contribution in [0.5, 0.6) is 0 Å². The molecule has 215 valence electrons. The van der Waals surface area contributed by atoms with Crippen molar-refractivity contribution in [3.05, 3.63) is 64.3 Å². The van der Waals surface area contributed by atoms with Gasteiger partial charge in [0, 0.05) is 54.5 Å². The zero-order chi connectivity index (χ0) is 30.4. The molecular formula is C32H37BN5O3Si. The van der Waals surface area contributed by atoms with Gasteiger partial charge in [-0.1, -0.05) is 33.8 Å². The predicted octanol–water partition coefficient (Wildman–Crippen LogP) is 5.64. The van der Waals surface area contributed by atoms with Crippen molar-refractivity contribution in [1.29, 1.82) is 5.26 Å². The molecule has 8 nitrogen and oxygen atoms in total. The van der Waals surface area contributed by atoms with Crippen LogP contribution in [0.4, 0.5) is 17.3 Å². The van der Waals surface area contributed by atoms with Crippen LogP contribution in [0.25, 0.3) is 11.3 Å². The van der Waals surface area contributed by atoms with Crippen molar-refractivity contribution in [2.24, 2.45) is 0 Å². The lowest BCUT2D eigenvalue weighted by molar-refractivity contribution is -0.117. The molecule has 0 bridgehead atoms. The van der Waals surface area contributed by atoms with Crippen LogP contribution in [-0.4, -0.2) is 50.8 Å². The van der Waals surface area contributed by atoms with Gasteiger partial charge in [-0.2, -0.15) is 5.26 Å². The van der Waals surface area contributed by atoms with Gasteiger partial charge >= 0.3 is 7.41 Å². The van der Waals surface area contributed by atoms with Gasteiger partial charge in [-0.3, -0.25) is 4.79 Å². The van der Waals surface area contributed by atoms with Crippen LogP contribution in [0.15, 0.2) is 36.5 Å². The number of nitrogens with zero attached hydrogens (tertiary/aromatic N) is 4. The number of carbonyl (C=O) groups is 2. The number of hydrogen-bond acceptors (Lipinski definition) is 8. The SMILES string of the molecule is Cc1c(Nc2nccc(-c3cc(C#N)c4c(c3)C(C)(CO[Si](C)(C)C(C)(C)C)CN4[B]C=O)n2)ccc2c1CC(=O)C2. The Morgan fingerprint density at radius 3 is 2.69 bits per heavy atom. The first-order chi connectivity index (χ1) is 19.8. The first kappa shape index (κ1) is 29.7. The van der Waals surface area contributed by atoms with E-state index in [1.807, 2.05) is 36.0 Å². The standard InChI is InChI=1S/C32H37BN5O3Si/c1-20-25-15-24(40)13-21(25)8-9-27(20)36-30-35-11-10-28(37-30)22-12-23(16-34)29-26(14-22)32(5,17-38(29)33-19-39)18-41-42(6,7)31(2,3)4/h8-12,14,19H,13,15,17-18H2,1-7H3,(H,35,36,37). The zero-order valence-corrected chi connectivity index (χ0v) is 26.5. The second-order valence-corrected chi connectivity index (χ2v) is 18.0. The highest BCUT2D eigenvalue weighted by Gasteiger charge is 2.44. The Kier molecular flexibility index (Phi) is 7.62. The van der Waals surface area contributed by atoms with Gasteiger partial charge in [-0.15, -0.1) is 0 Å². The van der Waals surface area contributed by atoms with Gasteiger partial charge in [0.25, 0.3) is 0 Å². The lowest BCUT2D eigenvalue weighted by atomic mass is 9.83. The Labute approximate surface area is 249 Å². The summed E-state index contributed by atoms with van der Waals surface area (Å²) in [5.41, 5.74) is 7.25. The summed E-state index contributed by atoms with van der Waals surface area (Å²) in [7, 11) is -0.555. The molecule has 2 heterocycles. The number of rotatable bonds is 8. The lowest BCUT2D eigenvalue weighted by Gasteiger charge is -2.39. The molecule has 42 heavy (non-hydrogen) atoms. The normalized spacial score (nSPS) is 18.0. The first-order valence-electron chi connectivity index (χ1n) is 14.3. The Hall–Kier alpha value is -3.81. The Morgan fingerprint density at radius 2 is 2.00 bits per heavy atom. The number of benzene rings is 2. The molecule has 0 fully saturated rings. The van der Waals surface area contributed by atoms with Crippen molar-refractivity contribution < 1.29 is 14.0 Å². The van der Waals surface area contributed by atoms with E-state index in [1.54, 1.807) is 6.20 Å². The number of carbonyl (C=O) groups excluding carboxylic acids is 2. The van der Waals surface area contributed by atoms with Crippen molar-refractivity contribution in [3.8, 4) is 17.3 Å². The monoisotopic (exact) mass is 578 g/mol. The second kappa shape index (κ2) is 10.8. The molecule has 0 saturated carbocycles. The van der Waals surface area contributed by atoms with Gasteiger partial charge in [0.15, 0.2) is 8.32 Å². The van der Waals surface area contributed by atoms with Gasteiger partial charge in [0.05, 0.1) is 11.3 Å². The summed E-state index contributed by atoms with van der Waals surface area (Å²) >= 11 is 0. The van der Waals surface area contributed by atoms with Crippen molar-refractivity contribution in [2.45, 2.75) is 71.0 Å². The molecule has 1 aliphatic carbocycles. The molecule has 1 aromatic heterocycles. The molecule has 1 unspecified atom stereocenters. The Balaban J connectivity index is 1.51. The van der Waals surface area contributed by atoms with Gasteiger partial charge < -0.3 is 19.3 Å². The van der Waals surface area contributed by atoms with Crippen LogP contribution in [0.3, 0.4) is 0 Å². The van der Waals surface area contributed by atoms with E-state index in [4.69, 9.17) is 9.41 Å². The van der Waals surface area contributed by atoms with Crippen LogP contribution >= 0.6 is 0 Å². The minimum absolute atomic E-state index is 0.0517. The molecule has 0 spiro atoms. The minimum Gasteiger partial charge on any atom is -0.416 e. The highest BCUT2D eigenvalue weighted by atomic mass is 28.4. The van der Waals surface area contributed by atoms with Gasteiger partial charge in [-0.25, -0.2) is 9.97 Å². The van der Waals surface area contributed by atoms with Crippen LogP contribution in [0.1, 0.15) is 55.5 Å². The molecule has 2 aromatic carbocycles. The smallest absolute Gasteiger partial charge is 0.329 e. The number of anilines is 3. The van der Waals surface area contributed by atoms with E-state index in [-0.39, 0.29) is 10.8 Å². The summed E-state index contributed by atoms with van der Waals surface area (Å²) < 4.78 is 6.69. The molecule has 0 amide bonds. The topological polar surface area (TPSA) is 108 Å². The third kappa shape index (κ3) is 5.39. The molecule has 1 radical (unpaired) electrons. The van der Waals surface area contributed by atoms with Gasteiger partial charge in [0.1, 0.15) is 18.0 Å². The number of hydrogen-bond donors (Lipinski definition) is 1. The van der Waals surface area contributed by atoms with E-state index in [0.29, 0.717) is 43.2 Å². The third-order valence-corrected chi connectivity index (χ3v) is 13.6. The van der Waals surface area contributed by atoms with E-state index >= 15 is 0 Å². The van der Waals surface area contributed by atoms with E-state index in [2.05, 4.69) is 63.2 Å². The third-order valence-electron chi connectivity index (χ3n) is 9.14. The average molecular weight is 579 g/mol. The zero-order valence-electron chi connectivity index (χ0n) is 25.5. The molecular weight excluding hydrogens is 541 g/mol. The number of fused-ring (bicyclic) bond motifs is 2. The average Bonchev–Trinajstić information content (AvgIpc) is 3.46. The van der Waals surface area contributed by atoms with E-state index in [0.717, 1.165) is 45.4 Å². The predicted molar refractivity (Wildman–Crippen MR) is 169 cm³/mol. The fourth-order valence-electron chi connectivity index (χ4n) is 5.59. The van der Waals surface area contributed by atoms with E-state index < -0.39 is 13.7 Å². The van der Waals surface area contributed by atoms with Gasteiger partial charge in [-0.05, 0) is 71.6 Å². The maximum Gasteiger partial charge on any atom is 0.329 e. The molecule has 0 saturated heterocycles.